The zero-order valence-electron chi connectivity index (χ0n) is 9.05. The standard InChI is InChI=1S/C9H18F3NO3/c10-9(11,12)8-16-6-3-13-2-1-5-15-7-4-14/h13-14H,1-8H2. The van der Waals surface area contributed by atoms with E-state index in [1.165, 1.54) is 0 Å². The lowest BCUT2D eigenvalue weighted by Crippen LogP contribution is -2.25. The van der Waals surface area contributed by atoms with Crippen LogP contribution in [0.2, 0.25) is 0 Å². The highest BCUT2D eigenvalue weighted by atomic mass is 19.4. The number of nitrogens with one attached hydrogen (secondary N) is 1. The van der Waals surface area contributed by atoms with Gasteiger partial charge < -0.3 is 19.9 Å². The molecule has 0 unspecified atom stereocenters. The molecule has 0 heterocycles. The fourth-order valence-electron chi connectivity index (χ4n) is 0.923. The number of hydrogen-bond acceptors (Lipinski definition) is 4. The van der Waals surface area contributed by atoms with Crippen molar-refractivity contribution in [2.45, 2.75) is 12.6 Å². The van der Waals surface area contributed by atoms with E-state index in [4.69, 9.17) is 9.84 Å². The summed E-state index contributed by atoms with van der Waals surface area (Å²) in [4.78, 5) is 0. The number of aliphatic hydroxyl groups is 1. The van der Waals surface area contributed by atoms with Gasteiger partial charge in [-0.25, -0.2) is 0 Å². The van der Waals surface area contributed by atoms with E-state index < -0.39 is 12.8 Å². The molecule has 0 saturated carbocycles. The van der Waals surface area contributed by atoms with Gasteiger partial charge in [-0.1, -0.05) is 0 Å². The summed E-state index contributed by atoms with van der Waals surface area (Å²) in [6, 6.07) is 0. The molecule has 0 aromatic rings. The number of hydrogen-bond donors (Lipinski definition) is 2. The first-order chi connectivity index (χ1) is 7.56. The quantitative estimate of drug-likeness (QED) is 0.552. The largest absolute Gasteiger partial charge is 0.411 e. The molecule has 0 aliphatic carbocycles. The number of rotatable bonds is 10. The van der Waals surface area contributed by atoms with Gasteiger partial charge in [0.25, 0.3) is 0 Å². The number of halogens is 3. The zero-order chi connectivity index (χ0) is 12.3. The van der Waals surface area contributed by atoms with Gasteiger partial charge in [0.1, 0.15) is 6.61 Å². The Kier molecular flexibility index (Phi) is 9.60. The summed E-state index contributed by atoms with van der Waals surface area (Å²) in [6.45, 7) is 0.715. The first-order valence-corrected chi connectivity index (χ1v) is 5.10. The maximum absolute atomic E-state index is 11.6. The van der Waals surface area contributed by atoms with Gasteiger partial charge in [0.05, 0.1) is 19.8 Å². The van der Waals surface area contributed by atoms with Crippen LogP contribution in [0.3, 0.4) is 0 Å². The topological polar surface area (TPSA) is 50.7 Å². The van der Waals surface area contributed by atoms with Crippen molar-refractivity contribution in [1.29, 1.82) is 0 Å². The van der Waals surface area contributed by atoms with Crippen LogP contribution in [0, 0.1) is 0 Å². The van der Waals surface area contributed by atoms with Crippen LogP contribution < -0.4 is 5.32 Å². The zero-order valence-corrected chi connectivity index (χ0v) is 9.05. The molecule has 0 atom stereocenters. The molecule has 0 rings (SSSR count). The molecule has 7 heteroatoms. The molecule has 0 spiro atoms. The lowest BCUT2D eigenvalue weighted by Gasteiger charge is -2.08. The second-order valence-electron chi connectivity index (χ2n) is 3.11. The van der Waals surface area contributed by atoms with E-state index >= 15 is 0 Å². The predicted octanol–water partition coefficient (Wildman–Crippen LogP) is 0.554. The molecular formula is C9H18F3NO3. The Balaban J connectivity index is 2.99. The highest BCUT2D eigenvalue weighted by Gasteiger charge is 2.27. The summed E-state index contributed by atoms with van der Waals surface area (Å²) in [5.74, 6) is 0. The van der Waals surface area contributed by atoms with Gasteiger partial charge in [-0.3, -0.25) is 0 Å². The molecule has 0 aliphatic rings. The number of alkyl halides is 3. The molecule has 16 heavy (non-hydrogen) atoms. The molecule has 0 radical (unpaired) electrons. The number of ether oxygens (including phenoxy) is 2. The van der Waals surface area contributed by atoms with Crippen molar-refractivity contribution in [2.75, 3.05) is 46.1 Å². The summed E-state index contributed by atoms with van der Waals surface area (Å²) in [7, 11) is 0. The summed E-state index contributed by atoms with van der Waals surface area (Å²) < 4.78 is 44.2. The van der Waals surface area contributed by atoms with Crippen LogP contribution in [0.25, 0.3) is 0 Å². The van der Waals surface area contributed by atoms with Gasteiger partial charge in [-0.15, -0.1) is 0 Å². The van der Waals surface area contributed by atoms with Crippen LogP contribution in [-0.2, 0) is 9.47 Å². The molecule has 0 aromatic heterocycles. The lowest BCUT2D eigenvalue weighted by molar-refractivity contribution is -0.173. The Morgan fingerprint density at radius 1 is 1.00 bits per heavy atom. The van der Waals surface area contributed by atoms with Crippen molar-refractivity contribution in [2.24, 2.45) is 0 Å². The van der Waals surface area contributed by atoms with E-state index in [0.29, 0.717) is 26.3 Å². The van der Waals surface area contributed by atoms with E-state index in [9.17, 15) is 13.2 Å². The van der Waals surface area contributed by atoms with Gasteiger partial charge in [-0.05, 0) is 13.0 Å². The molecule has 0 aliphatic heterocycles. The minimum absolute atomic E-state index is 0.00128. The van der Waals surface area contributed by atoms with Crippen molar-refractivity contribution < 1.29 is 27.8 Å². The lowest BCUT2D eigenvalue weighted by atomic mass is 10.4. The minimum Gasteiger partial charge on any atom is -0.394 e. The average Bonchev–Trinajstić information content (AvgIpc) is 2.19. The maximum Gasteiger partial charge on any atom is 0.411 e. The van der Waals surface area contributed by atoms with Crippen molar-refractivity contribution >= 4 is 0 Å². The van der Waals surface area contributed by atoms with Crippen LogP contribution in [0.4, 0.5) is 13.2 Å². The Bertz CT molecular complexity index is 155. The highest BCUT2D eigenvalue weighted by molar-refractivity contribution is 4.49. The van der Waals surface area contributed by atoms with E-state index in [1.54, 1.807) is 0 Å². The maximum atomic E-state index is 11.6. The first kappa shape index (κ1) is 15.6. The van der Waals surface area contributed by atoms with Gasteiger partial charge in [0, 0.05) is 13.2 Å². The molecule has 0 fully saturated rings. The predicted molar refractivity (Wildman–Crippen MR) is 52.3 cm³/mol. The second-order valence-corrected chi connectivity index (χ2v) is 3.11. The van der Waals surface area contributed by atoms with E-state index in [0.717, 1.165) is 6.42 Å². The first-order valence-electron chi connectivity index (χ1n) is 5.10. The van der Waals surface area contributed by atoms with E-state index in [1.807, 2.05) is 0 Å². The average molecular weight is 245 g/mol. The molecule has 0 aromatic carbocycles. The molecule has 0 amide bonds. The summed E-state index contributed by atoms with van der Waals surface area (Å²) in [6.07, 6.45) is -3.50. The smallest absolute Gasteiger partial charge is 0.394 e. The molecular weight excluding hydrogens is 227 g/mol. The molecule has 98 valence electrons. The summed E-state index contributed by atoms with van der Waals surface area (Å²) in [5, 5.41) is 11.3. The fourth-order valence-corrected chi connectivity index (χ4v) is 0.923. The Morgan fingerprint density at radius 2 is 1.75 bits per heavy atom. The molecule has 4 nitrogen and oxygen atoms in total. The third-order valence-corrected chi connectivity index (χ3v) is 1.57. The second kappa shape index (κ2) is 9.83. The third-order valence-electron chi connectivity index (χ3n) is 1.57. The van der Waals surface area contributed by atoms with Gasteiger partial charge in [0.2, 0.25) is 0 Å². The van der Waals surface area contributed by atoms with Gasteiger partial charge in [-0.2, -0.15) is 13.2 Å². The third kappa shape index (κ3) is 13.6. The molecule has 0 bridgehead atoms. The number of aliphatic hydroxyl groups excluding tert-OH is 1. The summed E-state index contributed by atoms with van der Waals surface area (Å²) in [5.41, 5.74) is 0. The van der Waals surface area contributed by atoms with Gasteiger partial charge >= 0.3 is 6.18 Å². The fraction of sp³-hybridized carbons (Fsp3) is 1.00. The monoisotopic (exact) mass is 245 g/mol. The van der Waals surface area contributed by atoms with Crippen LogP contribution in [0.5, 0.6) is 0 Å². The van der Waals surface area contributed by atoms with Crippen molar-refractivity contribution in [1.82, 2.24) is 5.32 Å². The minimum atomic E-state index is -4.25. The van der Waals surface area contributed by atoms with E-state index in [-0.39, 0.29) is 13.2 Å². The van der Waals surface area contributed by atoms with Crippen LogP contribution in [0.1, 0.15) is 6.42 Å². The van der Waals surface area contributed by atoms with Gasteiger partial charge in [0.15, 0.2) is 0 Å². The van der Waals surface area contributed by atoms with Crippen LogP contribution in [-0.4, -0.2) is 57.4 Å². The highest BCUT2D eigenvalue weighted by Crippen LogP contribution is 2.13. The normalized spacial score (nSPS) is 12.0. The molecule has 2 N–H and O–H groups in total. The van der Waals surface area contributed by atoms with Crippen molar-refractivity contribution in [3.63, 3.8) is 0 Å². The van der Waals surface area contributed by atoms with Crippen molar-refractivity contribution in [3.8, 4) is 0 Å². The Labute approximate surface area is 92.7 Å². The molecule has 0 saturated heterocycles. The van der Waals surface area contributed by atoms with Crippen molar-refractivity contribution in [3.05, 3.63) is 0 Å². The Morgan fingerprint density at radius 3 is 2.38 bits per heavy atom. The Hall–Kier alpha value is -0.370. The van der Waals surface area contributed by atoms with Crippen LogP contribution >= 0.6 is 0 Å². The van der Waals surface area contributed by atoms with Crippen LogP contribution in [0.15, 0.2) is 0 Å². The van der Waals surface area contributed by atoms with E-state index in [2.05, 4.69) is 10.1 Å². The SMILES string of the molecule is OCCOCCCNCCOCC(F)(F)F. The summed E-state index contributed by atoms with van der Waals surface area (Å²) >= 11 is 0.